The molecule has 0 amide bonds. The van der Waals surface area contributed by atoms with Gasteiger partial charge in [0.15, 0.2) is 5.43 Å². The summed E-state index contributed by atoms with van der Waals surface area (Å²) in [5.74, 6) is 0.693. The molecule has 0 atom stereocenters. The van der Waals surface area contributed by atoms with Gasteiger partial charge < -0.3 is 14.0 Å². The molecular formula is C28H36FNO3. The lowest BCUT2D eigenvalue weighted by atomic mass is 9.71. The molecule has 33 heavy (non-hydrogen) atoms. The van der Waals surface area contributed by atoms with Crippen LogP contribution in [0, 0.1) is 16.6 Å². The molecule has 0 aliphatic rings. The van der Waals surface area contributed by atoms with Crippen molar-refractivity contribution in [3.8, 4) is 22.6 Å². The molecule has 1 aromatic heterocycles. The second-order valence-corrected chi connectivity index (χ2v) is 10.8. The average Bonchev–Trinajstić information content (AvgIpc) is 2.73. The second kappa shape index (κ2) is 9.20. The Kier molecular flexibility index (Phi) is 6.92. The fourth-order valence-electron chi connectivity index (χ4n) is 5.06. The average molecular weight is 454 g/mol. The zero-order valence-electron chi connectivity index (χ0n) is 21.1. The zero-order chi connectivity index (χ0) is 24.6. The van der Waals surface area contributed by atoms with Gasteiger partial charge in [-0.25, -0.2) is 4.39 Å². The predicted octanol–water partition coefficient (Wildman–Crippen LogP) is 7.24. The van der Waals surface area contributed by atoms with E-state index in [0.29, 0.717) is 29.2 Å². The molecule has 1 heterocycles. The number of nitrogens with zero attached hydrogens (tertiary/aromatic N) is 1. The predicted molar refractivity (Wildman–Crippen MR) is 134 cm³/mol. The first kappa shape index (κ1) is 24.8. The number of halogens is 1. The number of fused-ring (bicyclic) bond motifs is 1. The number of hydrogen-bond acceptors (Lipinski definition) is 3. The standard InChI is InChI=1S/C28H36FNO3/c1-9-16-33-22-15-14-21(29)23-24(22)30(26(27(2,3)4)28(5,6)7)17-20(25(23)31)18-10-12-19(32-8)13-11-18/h10-15,17,26H,9,16H2,1-8H3. The highest BCUT2D eigenvalue weighted by molar-refractivity contribution is 5.89. The summed E-state index contributed by atoms with van der Waals surface area (Å²) in [6, 6.07) is 10.2. The molecule has 3 rings (SSSR count). The molecule has 3 aromatic rings. The van der Waals surface area contributed by atoms with Crippen molar-refractivity contribution in [2.24, 2.45) is 10.8 Å². The van der Waals surface area contributed by atoms with E-state index in [1.54, 1.807) is 13.2 Å². The van der Waals surface area contributed by atoms with E-state index in [9.17, 15) is 4.79 Å². The van der Waals surface area contributed by atoms with E-state index in [0.717, 1.165) is 12.0 Å². The first-order valence-corrected chi connectivity index (χ1v) is 11.5. The van der Waals surface area contributed by atoms with Crippen molar-refractivity contribution >= 4 is 10.9 Å². The third-order valence-corrected chi connectivity index (χ3v) is 5.87. The fourth-order valence-corrected chi connectivity index (χ4v) is 5.06. The Morgan fingerprint density at radius 3 is 2.09 bits per heavy atom. The summed E-state index contributed by atoms with van der Waals surface area (Å²) in [4.78, 5) is 13.7. The third-order valence-electron chi connectivity index (χ3n) is 5.87. The molecule has 2 aromatic carbocycles. The Morgan fingerprint density at radius 1 is 0.970 bits per heavy atom. The van der Waals surface area contributed by atoms with Gasteiger partial charge in [-0.3, -0.25) is 4.79 Å². The van der Waals surface area contributed by atoms with Crippen LogP contribution in [0.1, 0.15) is 60.9 Å². The van der Waals surface area contributed by atoms with E-state index in [2.05, 4.69) is 46.1 Å². The summed E-state index contributed by atoms with van der Waals surface area (Å²) in [7, 11) is 1.60. The van der Waals surface area contributed by atoms with Gasteiger partial charge in [-0.15, -0.1) is 0 Å². The van der Waals surface area contributed by atoms with Gasteiger partial charge in [0, 0.05) is 17.8 Å². The molecule has 0 aliphatic carbocycles. The van der Waals surface area contributed by atoms with Gasteiger partial charge in [0.1, 0.15) is 17.3 Å². The van der Waals surface area contributed by atoms with Crippen LogP contribution in [-0.4, -0.2) is 18.3 Å². The minimum absolute atomic E-state index is 0.0455. The molecule has 0 N–H and O–H groups in total. The summed E-state index contributed by atoms with van der Waals surface area (Å²) >= 11 is 0. The van der Waals surface area contributed by atoms with Crippen molar-refractivity contribution in [3.63, 3.8) is 0 Å². The van der Waals surface area contributed by atoms with Crippen molar-refractivity contribution in [1.29, 1.82) is 0 Å². The highest BCUT2D eigenvalue weighted by Gasteiger charge is 2.38. The fraction of sp³-hybridized carbons (Fsp3) is 0.464. The molecule has 0 spiro atoms. The maximum absolute atomic E-state index is 15.3. The number of aromatic nitrogens is 1. The highest BCUT2D eigenvalue weighted by Crippen LogP contribution is 2.46. The smallest absolute Gasteiger partial charge is 0.200 e. The maximum Gasteiger partial charge on any atom is 0.200 e. The van der Waals surface area contributed by atoms with E-state index in [-0.39, 0.29) is 27.7 Å². The Hall–Kier alpha value is -2.82. The van der Waals surface area contributed by atoms with E-state index in [4.69, 9.17) is 9.47 Å². The van der Waals surface area contributed by atoms with Crippen LogP contribution in [0.4, 0.5) is 4.39 Å². The maximum atomic E-state index is 15.3. The normalized spacial score (nSPS) is 12.4. The van der Waals surface area contributed by atoms with Crippen LogP contribution < -0.4 is 14.9 Å². The lowest BCUT2D eigenvalue weighted by Gasteiger charge is -2.43. The number of methoxy groups -OCH3 is 1. The molecule has 0 fully saturated rings. The van der Waals surface area contributed by atoms with Crippen molar-refractivity contribution in [2.75, 3.05) is 13.7 Å². The largest absolute Gasteiger partial charge is 0.497 e. The minimum Gasteiger partial charge on any atom is -0.497 e. The van der Waals surface area contributed by atoms with Crippen LogP contribution in [0.2, 0.25) is 0 Å². The van der Waals surface area contributed by atoms with Crippen LogP contribution in [-0.2, 0) is 0 Å². The van der Waals surface area contributed by atoms with Crippen LogP contribution in [0.5, 0.6) is 11.5 Å². The number of rotatable bonds is 6. The van der Waals surface area contributed by atoms with Crippen LogP contribution >= 0.6 is 0 Å². The van der Waals surface area contributed by atoms with E-state index >= 15 is 4.39 Å². The highest BCUT2D eigenvalue weighted by atomic mass is 19.1. The van der Waals surface area contributed by atoms with Crippen LogP contribution in [0.15, 0.2) is 47.4 Å². The second-order valence-electron chi connectivity index (χ2n) is 10.8. The number of ether oxygens (including phenoxy) is 2. The van der Waals surface area contributed by atoms with Gasteiger partial charge in [-0.1, -0.05) is 60.6 Å². The molecule has 0 saturated carbocycles. The molecule has 0 radical (unpaired) electrons. The van der Waals surface area contributed by atoms with Gasteiger partial charge in [-0.05, 0) is 47.1 Å². The number of benzene rings is 2. The van der Waals surface area contributed by atoms with Crippen molar-refractivity contribution in [2.45, 2.75) is 60.9 Å². The molecular weight excluding hydrogens is 417 g/mol. The molecule has 0 saturated heterocycles. The molecule has 4 nitrogen and oxygen atoms in total. The van der Waals surface area contributed by atoms with Gasteiger partial charge in [0.2, 0.25) is 0 Å². The Balaban J connectivity index is 2.48. The lowest BCUT2D eigenvalue weighted by molar-refractivity contribution is 0.114. The summed E-state index contributed by atoms with van der Waals surface area (Å²) in [5.41, 5.74) is 0.998. The molecule has 0 unspecified atom stereocenters. The van der Waals surface area contributed by atoms with Gasteiger partial charge in [0.25, 0.3) is 0 Å². The number of hydrogen-bond donors (Lipinski definition) is 0. The summed E-state index contributed by atoms with van der Waals surface area (Å²) in [5, 5.41) is 0.0652. The van der Waals surface area contributed by atoms with Gasteiger partial charge >= 0.3 is 0 Å². The Morgan fingerprint density at radius 2 is 1.58 bits per heavy atom. The van der Waals surface area contributed by atoms with E-state index < -0.39 is 5.82 Å². The van der Waals surface area contributed by atoms with Crippen molar-refractivity contribution < 1.29 is 13.9 Å². The SMILES string of the molecule is CCCOc1ccc(F)c2c(=O)c(-c3ccc(OC)cc3)cn(C(C(C)(C)C)C(C)(C)C)c12. The first-order valence-electron chi connectivity index (χ1n) is 11.5. The van der Waals surface area contributed by atoms with Crippen LogP contribution in [0.25, 0.3) is 22.0 Å². The topological polar surface area (TPSA) is 40.5 Å². The van der Waals surface area contributed by atoms with Crippen molar-refractivity contribution in [3.05, 3.63) is 58.6 Å². The third kappa shape index (κ3) is 4.92. The minimum atomic E-state index is -0.537. The monoisotopic (exact) mass is 453 g/mol. The van der Waals surface area contributed by atoms with E-state index in [1.165, 1.54) is 6.07 Å². The van der Waals surface area contributed by atoms with Crippen LogP contribution in [0.3, 0.4) is 0 Å². The summed E-state index contributed by atoms with van der Waals surface area (Å²) in [6.45, 7) is 15.5. The molecule has 0 bridgehead atoms. The Bertz CT molecular complexity index is 1170. The molecule has 0 aliphatic heterocycles. The zero-order valence-corrected chi connectivity index (χ0v) is 21.1. The quantitative estimate of drug-likeness (QED) is 0.395. The summed E-state index contributed by atoms with van der Waals surface area (Å²) in [6.07, 6.45) is 2.70. The van der Waals surface area contributed by atoms with E-state index in [1.807, 2.05) is 37.4 Å². The number of pyridine rings is 1. The molecule has 178 valence electrons. The lowest BCUT2D eigenvalue weighted by Crippen LogP contribution is -2.36. The van der Waals surface area contributed by atoms with Crippen molar-refractivity contribution in [1.82, 2.24) is 4.57 Å². The summed E-state index contributed by atoms with van der Waals surface area (Å²) < 4.78 is 28.7. The van der Waals surface area contributed by atoms with Gasteiger partial charge in [0.05, 0.1) is 24.6 Å². The molecule has 5 heteroatoms. The van der Waals surface area contributed by atoms with Gasteiger partial charge in [-0.2, -0.15) is 0 Å². The first-order chi connectivity index (χ1) is 15.4. The Labute approximate surface area is 196 Å².